The van der Waals surface area contributed by atoms with Crippen LogP contribution in [-0.4, -0.2) is 14.1 Å². The first-order valence-electron chi connectivity index (χ1n) is 9.08. The molecular weight excluding hydrogens is 386 g/mol. The number of nitrogens with zero attached hydrogens (tertiary/aromatic N) is 3. The van der Waals surface area contributed by atoms with Gasteiger partial charge in [-0.3, -0.25) is 0 Å². The zero-order chi connectivity index (χ0) is 20.6. The molecule has 4 rings (SSSR count). The van der Waals surface area contributed by atoms with Crippen LogP contribution in [0.15, 0.2) is 71.6 Å². The summed E-state index contributed by atoms with van der Waals surface area (Å²) in [6, 6.07) is 20.4. The molecule has 1 aliphatic carbocycles. The molecule has 1 aliphatic heterocycles. The first-order valence-corrected chi connectivity index (χ1v) is 10.4. The maximum absolute atomic E-state index is 12.4. The van der Waals surface area contributed by atoms with E-state index in [0.717, 1.165) is 5.56 Å². The monoisotopic (exact) mass is 403 g/mol. The standard InChI is InChI=1S/C22H17N3O3S/c1-2-15-12-22(13-23,14-24)20(16-8-4-3-5-9-16)19(15)21-17-10-6-7-11-18(17)28-29(26,27)25-21/h2-11,15,19-20H,1,12H2/t15-,19-,20+/m1/s1. The third-order valence-corrected chi connectivity index (χ3v) is 6.46. The Morgan fingerprint density at radius 2 is 1.76 bits per heavy atom. The molecular formula is C22H17N3O3S. The zero-order valence-corrected chi connectivity index (χ0v) is 16.2. The Labute approximate surface area is 169 Å². The molecule has 0 saturated heterocycles. The predicted molar refractivity (Wildman–Crippen MR) is 107 cm³/mol. The summed E-state index contributed by atoms with van der Waals surface area (Å²) in [5.41, 5.74) is 0.309. The molecule has 2 aliphatic rings. The number of rotatable bonds is 3. The third-order valence-electron chi connectivity index (χ3n) is 5.65. The van der Waals surface area contributed by atoms with Crippen molar-refractivity contribution in [3.05, 3.63) is 78.4 Å². The molecule has 0 N–H and O–H groups in total. The maximum atomic E-state index is 12.4. The molecule has 2 aromatic rings. The van der Waals surface area contributed by atoms with E-state index in [2.05, 4.69) is 23.1 Å². The van der Waals surface area contributed by atoms with Gasteiger partial charge in [0.1, 0.15) is 0 Å². The minimum atomic E-state index is -4.18. The second-order valence-corrected chi connectivity index (χ2v) is 8.40. The maximum Gasteiger partial charge on any atom is 0.428 e. The highest BCUT2D eigenvalue weighted by Crippen LogP contribution is 2.57. The van der Waals surface area contributed by atoms with Gasteiger partial charge in [-0.1, -0.05) is 48.5 Å². The van der Waals surface area contributed by atoms with E-state index in [1.807, 2.05) is 30.3 Å². The van der Waals surface area contributed by atoms with Gasteiger partial charge < -0.3 is 4.18 Å². The summed E-state index contributed by atoms with van der Waals surface area (Å²) in [6.07, 6.45) is 1.93. The normalized spacial score (nSPS) is 26.1. The third kappa shape index (κ3) is 3.00. The molecule has 0 radical (unpaired) electrons. The van der Waals surface area contributed by atoms with Crippen molar-refractivity contribution in [3.8, 4) is 17.9 Å². The number of hydrogen-bond acceptors (Lipinski definition) is 5. The molecule has 7 heteroatoms. The quantitative estimate of drug-likeness (QED) is 0.726. The van der Waals surface area contributed by atoms with Gasteiger partial charge in [-0.15, -0.1) is 11.0 Å². The highest BCUT2D eigenvalue weighted by molar-refractivity contribution is 7.86. The van der Waals surface area contributed by atoms with Gasteiger partial charge in [0.15, 0.2) is 11.2 Å². The van der Waals surface area contributed by atoms with Crippen LogP contribution in [0, 0.1) is 39.9 Å². The number of allylic oxidation sites excluding steroid dienone is 1. The minimum absolute atomic E-state index is 0.193. The molecule has 144 valence electrons. The van der Waals surface area contributed by atoms with E-state index in [0.29, 0.717) is 11.3 Å². The Kier molecular flexibility index (Phi) is 4.49. The van der Waals surface area contributed by atoms with Gasteiger partial charge in [0.05, 0.1) is 17.9 Å². The summed E-state index contributed by atoms with van der Waals surface area (Å²) >= 11 is 0. The lowest BCUT2D eigenvalue weighted by Gasteiger charge is -2.30. The fourth-order valence-corrected chi connectivity index (χ4v) is 5.34. The van der Waals surface area contributed by atoms with E-state index in [-0.39, 0.29) is 18.1 Å². The largest absolute Gasteiger partial charge is 0.428 e. The van der Waals surface area contributed by atoms with Crippen LogP contribution in [0.4, 0.5) is 0 Å². The van der Waals surface area contributed by atoms with Crippen molar-refractivity contribution in [2.75, 3.05) is 0 Å². The van der Waals surface area contributed by atoms with Crippen LogP contribution in [0.2, 0.25) is 0 Å². The summed E-state index contributed by atoms with van der Waals surface area (Å²) in [7, 11) is -4.18. The first kappa shape index (κ1) is 18.9. The van der Waals surface area contributed by atoms with Gasteiger partial charge in [-0.2, -0.15) is 18.9 Å². The molecule has 6 nitrogen and oxygen atoms in total. The van der Waals surface area contributed by atoms with Crippen LogP contribution < -0.4 is 4.18 Å². The van der Waals surface area contributed by atoms with E-state index in [1.165, 1.54) is 0 Å². The van der Waals surface area contributed by atoms with Gasteiger partial charge in [0, 0.05) is 17.4 Å². The van der Waals surface area contributed by atoms with Crippen molar-refractivity contribution in [2.24, 2.45) is 21.6 Å². The number of hydrogen-bond donors (Lipinski definition) is 0. The molecule has 1 fully saturated rings. The number of benzene rings is 2. The van der Waals surface area contributed by atoms with Crippen LogP contribution in [0.5, 0.6) is 5.75 Å². The van der Waals surface area contributed by atoms with Crippen LogP contribution >= 0.6 is 0 Å². The lowest BCUT2D eigenvalue weighted by Crippen LogP contribution is -2.32. The van der Waals surface area contributed by atoms with Crippen LogP contribution in [-0.2, 0) is 10.3 Å². The smallest absolute Gasteiger partial charge is 0.365 e. The average molecular weight is 403 g/mol. The fourth-order valence-electron chi connectivity index (χ4n) is 4.47. The Morgan fingerprint density at radius 3 is 2.41 bits per heavy atom. The van der Waals surface area contributed by atoms with Gasteiger partial charge >= 0.3 is 10.3 Å². The molecule has 0 amide bonds. The number of nitriles is 2. The lowest BCUT2D eigenvalue weighted by molar-refractivity contribution is 0.449. The van der Waals surface area contributed by atoms with Crippen molar-refractivity contribution in [3.63, 3.8) is 0 Å². The first-order chi connectivity index (χ1) is 13.9. The molecule has 29 heavy (non-hydrogen) atoms. The molecule has 2 aromatic carbocycles. The molecule has 3 atom stereocenters. The van der Waals surface area contributed by atoms with Crippen molar-refractivity contribution in [1.29, 1.82) is 10.5 Å². The van der Waals surface area contributed by atoms with Crippen molar-refractivity contribution in [2.45, 2.75) is 12.3 Å². The van der Waals surface area contributed by atoms with E-state index in [4.69, 9.17) is 4.18 Å². The van der Waals surface area contributed by atoms with E-state index < -0.39 is 27.6 Å². The van der Waals surface area contributed by atoms with Gasteiger partial charge in [-0.25, -0.2) is 0 Å². The van der Waals surface area contributed by atoms with Crippen LogP contribution in [0.3, 0.4) is 0 Å². The number of fused-ring (bicyclic) bond motifs is 1. The Balaban J connectivity index is 1.99. The second kappa shape index (κ2) is 6.88. The topological polar surface area (TPSA) is 103 Å². The van der Waals surface area contributed by atoms with E-state index in [9.17, 15) is 18.9 Å². The van der Waals surface area contributed by atoms with Crippen molar-refractivity contribution < 1.29 is 12.6 Å². The summed E-state index contributed by atoms with van der Waals surface area (Å²) in [4.78, 5) is 0. The predicted octanol–water partition coefficient (Wildman–Crippen LogP) is 3.75. The summed E-state index contributed by atoms with van der Waals surface area (Å²) in [6.45, 7) is 3.89. The fraction of sp³-hybridized carbons (Fsp3) is 0.227. The van der Waals surface area contributed by atoms with Crippen LogP contribution in [0.1, 0.15) is 23.5 Å². The van der Waals surface area contributed by atoms with Gasteiger partial charge in [0.25, 0.3) is 0 Å². The zero-order valence-electron chi connectivity index (χ0n) is 15.4. The Bertz CT molecular complexity index is 1180. The number of para-hydroxylation sites is 1. The molecule has 1 saturated carbocycles. The van der Waals surface area contributed by atoms with E-state index in [1.54, 1.807) is 30.3 Å². The summed E-state index contributed by atoms with van der Waals surface area (Å²) in [5, 5.41) is 20.0. The highest BCUT2D eigenvalue weighted by atomic mass is 32.2. The van der Waals surface area contributed by atoms with Crippen molar-refractivity contribution in [1.82, 2.24) is 0 Å². The average Bonchev–Trinajstić information content (AvgIpc) is 3.08. The Morgan fingerprint density at radius 1 is 1.10 bits per heavy atom. The molecule has 0 spiro atoms. The molecule has 1 heterocycles. The molecule has 0 bridgehead atoms. The molecule has 0 aromatic heterocycles. The van der Waals surface area contributed by atoms with Crippen molar-refractivity contribution >= 4 is 16.0 Å². The highest BCUT2D eigenvalue weighted by Gasteiger charge is 2.57. The van der Waals surface area contributed by atoms with E-state index >= 15 is 0 Å². The minimum Gasteiger partial charge on any atom is -0.365 e. The SMILES string of the molecule is C=C[C@@H]1CC(C#N)(C#N)[C@@H](c2ccccc2)[C@@H]1C1=NS(=O)(=O)Oc2ccccc21. The van der Waals surface area contributed by atoms with Gasteiger partial charge in [-0.05, 0) is 30.0 Å². The summed E-state index contributed by atoms with van der Waals surface area (Å²) in [5.74, 6) is -1.20. The second-order valence-electron chi connectivity index (χ2n) is 7.20. The summed E-state index contributed by atoms with van der Waals surface area (Å²) < 4.78 is 33.7. The lowest BCUT2D eigenvalue weighted by atomic mass is 9.71. The van der Waals surface area contributed by atoms with Crippen LogP contribution in [0.25, 0.3) is 0 Å². The molecule has 0 unspecified atom stereocenters. The van der Waals surface area contributed by atoms with Gasteiger partial charge in [0.2, 0.25) is 0 Å². The Hall–Kier alpha value is -3.42.